The molecule has 0 saturated heterocycles. The minimum absolute atomic E-state index is 0.175. The second-order valence-corrected chi connectivity index (χ2v) is 5.52. The fraction of sp³-hybridized carbons (Fsp3) is 0.250. The molecular weight excluding hydrogens is 350 g/mol. The minimum Gasteiger partial charge on any atom is -0.493 e. The van der Waals surface area contributed by atoms with E-state index in [-0.39, 0.29) is 24.0 Å². The van der Waals surface area contributed by atoms with Crippen molar-refractivity contribution in [3.8, 4) is 5.75 Å². The highest BCUT2D eigenvalue weighted by Gasteiger charge is 2.10. The van der Waals surface area contributed by atoms with Crippen molar-refractivity contribution >= 4 is 29.6 Å². The van der Waals surface area contributed by atoms with E-state index >= 15 is 0 Å². The van der Waals surface area contributed by atoms with Gasteiger partial charge < -0.3 is 9.15 Å². The van der Waals surface area contributed by atoms with Crippen LogP contribution in [-0.4, -0.2) is 23.7 Å². The highest BCUT2D eigenvalue weighted by molar-refractivity contribution is 6.30. The second kappa shape index (κ2) is 8.84. The molecule has 0 aliphatic rings. The Balaban J connectivity index is 1.68. The number of ether oxygens (including phenoxy) is 1. The molecule has 0 aliphatic heterocycles. The molecule has 25 heavy (non-hydrogen) atoms. The van der Waals surface area contributed by atoms with Crippen LogP contribution in [0.2, 0.25) is 5.02 Å². The number of benzene rings is 1. The maximum absolute atomic E-state index is 11.6. The number of nitro groups is 1. The lowest BCUT2D eigenvalue weighted by Crippen LogP contribution is -2.18. The molecule has 1 aromatic carbocycles. The van der Waals surface area contributed by atoms with Crippen molar-refractivity contribution in [3.05, 3.63) is 56.8 Å². The van der Waals surface area contributed by atoms with Crippen LogP contribution in [0.5, 0.6) is 5.75 Å². The maximum Gasteiger partial charge on any atom is 0.433 e. The van der Waals surface area contributed by atoms with Crippen molar-refractivity contribution in [1.29, 1.82) is 0 Å². The number of aryl methyl sites for hydroxylation is 1. The van der Waals surface area contributed by atoms with Crippen molar-refractivity contribution in [1.82, 2.24) is 5.43 Å². The standard InChI is InChI=1S/C16H16ClN3O5/c1-11-9-12(17)4-6-14(11)24-8-2-3-15(21)19-18-10-13-5-7-16(25-13)20(22)23/h4-7,9-10H,2-3,8H2,1H3,(H,19,21). The third kappa shape index (κ3) is 5.92. The maximum atomic E-state index is 11.6. The number of carbonyl (C=O) groups excluding carboxylic acids is 1. The quantitative estimate of drug-likeness (QED) is 0.333. The summed E-state index contributed by atoms with van der Waals surface area (Å²) in [5, 5.41) is 14.8. The molecule has 0 aliphatic carbocycles. The molecule has 9 heteroatoms. The molecule has 1 amide bonds. The molecule has 0 radical (unpaired) electrons. The number of hydrogen-bond acceptors (Lipinski definition) is 6. The molecule has 2 aromatic rings. The van der Waals surface area contributed by atoms with Crippen molar-refractivity contribution < 1.29 is 18.9 Å². The van der Waals surface area contributed by atoms with Gasteiger partial charge in [-0.3, -0.25) is 14.9 Å². The Morgan fingerprint density at radius 3 is 2.92 bits per heavy atom. The van der Waals surface area contributed by atoms with E-state index in [2.05, 4.69) is 10.5 Å². The van der Waals surface area contributed by atoms with Gasteiger partial charge in [0, 0.05) is 11.4 Å². The molecule has 132 valence electrons. The molecular formula is C16H16ClN3O5. The summed E-state index contributed by atoms with van der Waals surface area (Å²) in [5.74, 6) is 0.215. The number of rotatable bonds is 8. The molecule has 2 rings (SSSR count). The molecule has 1 aromatic heterocycles. The van der Waals surface area contributed by atoms with Gasteiger partial charge in [-0.05, 0) is 43.2 Å². The van der Waals surface area contributed by atoms with E-state index in [4.69, 9.17) is 20.8 Å². The van der Waals surface area contributed by atoms with Crippen LogP contribution in [-0.2, 0) is 4.79 Å². The zero-order chi connectivity index (χ0) is 18.2. The zero-order valence-corrected chi connectivity index (χ0v) is 14.2. The van der Waals surface area contributed by atoms with Crippen molar-refractivity contribution in [3.63, 3.8) is 0 Å². The lowest BCUT2D eigenvalue weighted by atomic mass is 10.2. The van der Waals surface area contributed by atoms with Crippen LogP contribution >= 0.6 is 11.6 Å². The van der Waals surface area contributed by atoms with Crippen LogP contribution in [0.25, 0.3) is 0 Å². The molecule has 0 fully saturated rings. The number of amides is 1. The molecule has 1 N–H and O–H groups in total. The Morgan fingerprint density at radius 2 is 2.24 bits per heavy atom. The highest BCUT2D eigenvalue weighted by atomic mass is 35.5. The lowest BCUT2D eigenvalue weighted by Gasteiger charge is -2.08. The van der Waals surface area contributed by atoms with E-state index in [0.717, 1.165) is 11.3 Å². The van der Waals surface area contributed by atoms with Gasteiger partial charge in [-0.15, -0.1) is 0 Å². The van der Waals surface area contributed by atoms with E-state index in [1.165, 1.54) is 18.3 Å². The first-order valence-electron chi connectivity index (χ1n) is 7.41. The van der Waals surface area contributed by atoms with E-state index in [9.17, 15) is 14.9 Å². The second-order valence-electron chi connectivity index (χ2n) is 5.09. The predicted octanol–water partition coefficient (Wildman–Crippen LogP) is 3.46. The first-order chi connectivity index (χ1) is 12.0. The van der Waals surface area contributed by atoms with E-state index in [1.54, 1.807) is 18.2 Å². The van der Waals surface area contributed by atoms with Crippen LogP contribution in [0.15, 0.2) is 39.9 Å². The molecule has 0 atom stereocenters. The minimum atomic E-state index is -0.654. The highest BCUT2D eigenvalue weighted by Crippen LogP contribution is 2.21. The summed E-state index contributed by atoms with van der Waals surface area (Å²) in [6.45, 7) is 2.27. The molecule has 0 unspecified atom stereocenters. The SMILES string of the molecule is Cc1cc(Cl)ccc1OCCCC(=O)NN=Cc1ccc([N+](=O)[O-])o1. The van der Waals surface area contributed by atoms with Gasteiger partial charge in [0.2, 0.25) is 5.91 Å². The summed E-state index contributed by atoms with van der Waals surface area (Å²) in [6.07, 6.45) is 1.93. The zero-order valence-electron chi connectivity index (χ0n) is 13.4. The normalized spacial score (nSPS) is 10.8. The van der Waals surface area contributed by atoms with Gasteiger partial charge in [0.25, 0.3) is 0 Å². The van der Waals surface area contributed by atoms with Gasteiger partial charge in [-0.2, -0.15) is 5.10 Å². The average molecular weight is 366 g/mol. The fourth-order valence-corrected chi connectivity index (χ4v) is 2.15. The summed E-state index contributed by atoms with van der Waals surface area (Å²) in [7, 11) is 0. The Labute approximate surface area is 148 Å². The van der Waals surface area contributed by atoms with Gasteiger partial charge >= 0.3 is 5.88 Å². The predicted molar refractivity (Wildman–Crippen MR) is 92.0 cm³/mol. The molecule has 0 saturated carbocycles. The number of furan rings is 1. The first kappa shape index (κ1) is 18.5. The first-order valence-corrected chi connectivity index (χ1v) is 7.78. The number of carbonyl (C=O) groups is 1. The van der Waals surface area contributed by atoms with Gasteiger partial charge in [0.15, 0.2) is 5.76 Å². The van der Waals surface area contributed by atoms with Gasteiger partial charge in [-0.25, -0.2) is 5.43 Å². The van der Waals surface area contributed by atoms with Crippen molar-refractivity contribution in [2.75, 3.05) is 6.61 Å². The van der Waals surface area contributed by atoms with Crippen LogP contribution < -0.4 is 10.2 Å². The number of nitrogens with zero attached hydrogens (tertiary/aromatic N) is 2. The number of hydrazone groups is 1. The topological polar surface area (TPSA) is 107 Å². The number of hydrogen-bond donors (Lipinski definition) is 1. The summed E-state index contributed by atoms with van der Waals surface area (Å²) in [5.41, 5.74) is 3.24. The Morgan fingerprint density at radius 1 is 1.44 bits per heavy atom. The Kier molecular flexibility index (Phi) is 6.53. The Bertz CT molecular complexity index is 788. The Hall–Kier alpha value is -2.87. The monoisotopic (exact) mass is 365 g/mol. The lowest BCUT2D eigenvalue weighted by molar-refractivity contribution is -0.402. The van der Waals surface area contributed by atoms with Crippen molar-refractivity contribution in [2.45, 2.75) is 19.8 Å². The number of halogens is 1. The van der Waals surface area contributed by atoms with E-state index in [0.29, 0.717) is 18.1 Å². The summed E-state index contributed by atoms with van der Waals surface area (Å²) in [6, 6.07) is 7.92. The van der Waals surface area contributed by atoms with Crippen molar-refractivity contribution in [2.24, 2.45) is 5.10 Å². The summed E-state index contributed by atoms with van der Waals surface area (Å²) in [4.78, 5) is 21.4. The van der Waals surface area contributed by atoms with E-state index in [1.807, 2.05) is 6.92 Å². The average Bonchev–Trinajstić information content (AvgIpc) is 3.02. The van der Waals surface area contributed by atoms with E-state index < -0.39 is 4.92 Å². The van der Waals surface area contributed by atoms with Crippen LogP contribution in [0.4, 0.5) is 5.88 Å². The van der Waals surface area contributed by atoms with Gasteiger partial charge in [0.1, 0.15) is 10.7 Å². The fourth-order valence-electron chi connectivity index (χ4n) is 1.92. The molecule has 0 bridgehead atoms. The molecule has 0 spiro atoms. The van der Waals surface area contributed by atoms with Crippen LogP contribution in [0.3, 0.4) is 0 Å². The molecule has 8 nitrogen and oxygen atoms in total. The summed E-state index contributed by atoms with van der Waals surface area (Å²) < 4.78 is 10.5. The third-order valence-electron chi connectivity index (χ3n) is 3.12. The third-order valence-corrected chi connectivity index (χ3v) is 3.35. The smallest absolute Gasteiger partial charge is 0.433 e. The van der Waals surface area contributed by atoms with Crippen LogP contribution in [0, 0.1) is 17.0 Å². The summed E-state index contributed by atoms with van der Waals surface area (Å²) >= 11 is 5.87. The molecule has 1 heterocycles. The van der Waals surface area contributed by atoms with Gasteiger partial charge in [-0.1, -0.05) is 11.6 Å². The van der Waals surface area contributed by atoms with Gasteiger partial charge in [0.05, 0.1) is 18.9 Å². The van der Waals surface area contributed by atoms with Crippen LogP contribution in [0.1, 0.15) is 24.2 Å². The largest absolute Gasteiger partial charge is 0.493 e. The number of nitrogens with one attached hydrogen (secondary N) is 1.